The highest BCUT2D eigenvalue weighted by Gasteiger charge is 2.29. The minimum absolute atomic E-state index is 0.0540. The van der Waals surface area contributed by atoms with Crippen LogP contribution in [0, 0.1) is 5.92 Å². The van der Waals surface area contributed by atoms with Gasteiger partial charge in [-0.1, -0.05) is 49.2 Å². The molecule has 3 aromatic rings. The van der Waals surface area contributed by atoms with Crippen molar-refractivity contribution in [3.63, 3.8) is 0 Å². The van der Waals surface area contributed by atoms with E-state index in [0.29, 0.717) is 28.1 Å². The van der Waals surface area contributed by atoms with Crippen molar-refractivity contribution in [2.75, 3.05) is 18.9 Å². The fourth-order valence-corrected chi connectivity index (χ4v) is 4.63. The average Bonchev–Trinajstić information content (AvgIpc) is 3.28. The Bertz CT molecular complexity index is 991. The van der Waals surface area contributed by atoms with Gasteiger partial charge in [0.25, 0.3) is 5.91 Å². The third-order valence-electron chi connectivity index (χ3n) is 5.10. The van der Waals surface area contributed by atoms with E-state index in [1.54, 1.807) is 29.7 Å². The van der Waals surface area contributed by atoms with E-state index >= 15 is 0 Å². The number of hydrogen-bond donors (Lipinski definition) is 1. The molecule has 0 aliphatic heterocycles. The summed E-state index contributed by atoms with van der Waals surface area (Å²) >= 11 is 13.9. The monoisotopic (exact) mass is 475 g/mol. The molecule has 0 saturated heterocycles. The van der Waals surface area contributed by atoms with Crippen LogP contribution in [0.15, 0.2) is 54.0 Å². The van der Waals surface area contributed by atoms with Crippen molar-refractivity contribution in [2.45, 2.75) is 32.7 Å². The number of rotatable bonds is 9. The summed E-state index contributed by atoms with van der Waals surface area (Å²) in [5.74, 6) is 0.351. The maximum Gasteiger partial charge on any atom is 0.256 e. The van der Waals surface area contributed by atoms with Crippen molar-refractivity contribution in [1.82, 2.24) is 9.88 Å². The Morgan fingerprint density at radius 2 is 1.84 bits per heavy atom. The van der Waals surface area contributed by atoms with Crippen molar-refractivity contribution in [1.29, 1.82) is 0 Å². The second-order valence-corrected chi connectivity index (χ2v) is 9.63. The van der Waals surface area contributed by atoms with Gasteiger partial charge in [-0.3, -0.25) is 4.79 Å². The molecular weight excluding hydrogens is 449 g/mol. The van der Waals surface area contributed by atoms with Crippen LogP contribution >= 0.6 is 34.5 Å². The molecule has 0 saturated carbocycles. The number of anilines is 1. The molecule has 31 heavy (non-hydrogen) atoms. The van der Waals surface area contributed by atoms with E-state index in [2.05, 4.69) is 24.1 Å². The van der Waals surface area contributed by atoms with E-state index in [1.807, 2.05) is 47.7 Å². The minimum Gasteiger partial charge on any atom is -0.387 e. The molecule has 0 aliphatic carbocycles. The summed E-state index contributed by atoms with van der Waals surface area (Å²) in [4.78, 5) is 20.4. The van der Waals surface area contributed by atoms with Gasteiger partial charge in [-0.05, 0) is 54.7 Å². The topological polar surface area (TPSA) is 45.2 Å². The van der Waals surface area contributed by atoms with Crippen LogP contribution in [0.5, 0.6) is 0 Å². The highest BCUT2D eigenvalue weighted by Crippen LogP contribution is 2.33. The van der Waals surface area contributed by atoms with E-state index in [-0.39, 0.29) is 11.9 Å². The predicted molar refractivity (Wildman–Crippen MR) is 132 cm³/mol. The fourth-order valence-electron chi connectivity index (χ4n) is 3.57. The van der Waals surface area contributed by atoms with Gasteiger partial charge in [0.2, 0.25) is 0 Å². The first kappa shape index (κ1) is 23.6. The lowest BCUT2D eigenvalue weighted by Crippen LogP contribution is -2.37. The van der Waals surface area contributed by atoms with Crippen LogP contribution in [0.25, 0.3) is 0 Å². The summed E-state index contributed by atoms with van der Waals surface area (Å²) in [7, 11) is 1.81. The van der Waals surface area contributed by atoms with Gasteiger partial charge in [0.1, 0.15) is 5.01 Å². The van der Waals surface area contributed by atoms with Gasteiger partial charge >= 0.3 is 0 Å². The van der Waals surface area contributed by atoms with Crippen molar-refractivity contribution >= 4 is 46.1 Å². The Balaban J connectivity index is 1.98. The van der Waals surface area contributed by atoms with E-state index in [9.17, 15) is 4.79 Å². The summed E-state index contributed by atoms with van der Waals surface area (Å²) in [5.41, 5.74) is 2.45. The Hall–Kier alpha value is -2.08. The quantitative estimate of drug-likeness (QED) is 0.363. The molecule has 0 fully saturated rings. The molecule has 1 amide bonds. The summed E-state index contributed by atoms with van der Waals surface area (Å²) in [6.45, 7) is 4.90. The summed E-state index contributed by atoms with van der Waals surface area (Å²) < 4.78 is 0. The molecule has 1 atom stereocenters. The first-order chi connectivity index (χ1) is 14.9. The molecule has 1 heterocycles. The van der Waals surface area contributed by atoms with Crippen molar-refractivity contribution in [3.8, 4) is 0 Å². The number of carbonyl (C=O) groups is 1. The minimum atomic E-state index is -0.108. The molecule has 7 heteroatoms. The van der Waals surface area contributed by atoms with Crippen LogP contribution in [0.1, 0.15) is 47.2 Å². The number of carbonyl (C=O) groups excluding carboxylic acids is 1. The van der Waals surface area contributed by atoms with Crippen molar-refractivity contribution < 1.29 is 4.79 Å². The van der Waals surface area contributed by atoms with Crippen molar-refractivity contribution in [3.05, 3.63) is 80.2 Å². The first-order valence-electron chi connectivity index (χ1n) is 10.3. The van der Waals surface area contributed by atoms with Gasteiger partial charge in [0.05, 0.1) is 11.6 Å². The molecular formula is C24H27Cl2N3OS. The third-order valence-corrected chi connectivity index (χ3v) is 6.47. The first-order valence-corrected chi connectivity index (χ1v) is 11.9. The molecule has 1 N–H and O–H groups in total. The van der Waals surface area contributed by atoms with Gasteiger partial charge < -0.3 is 10.2 Å². The van der Waals surface area contributed by atoms with E-state index in [1.165, 1.54) is 0 Å². The third kappa shape index (κ3) is 6.22. The predicted octanol–water partition coefficient (Wildman–Crippen LogP) is 6.96. The summed E-state index contributed by atoms with van der Waals surface area (Å²) in [6, 6.07) is 13.0. The van der Waals surface area contributed by atoms with Crippen LogP contribution in [-0.2, 0) is 6.42 Å². The second-order valence-electron chi connectivity index (χ2n) is 7.83. The molecule has 0 spiro atoms. The number of aromatic nitrogens is 1. The van der Waals surface area contributed by atoms with Gasteiger partial charge in [-0.15, -0.1) is 11.3 Å². The molecule has 1 aromatic heterocycles. The smallest absolute Gasteiger partial charge is 0.256 e. The van der Waals surface area contributed by atoms with Crippen LogP contribution in [0.2, 0.25) is 10.0 Å². The lowest BCUT2D eigenvalue weighted by molar-refractivity contribution is 0.0656. The number of thiazole rings is 1. The molecule has 0 aliphatic rings. The molecule has 2 aromatic carbocycles. The number of nitrogens with zero attached hydrogens (tertiary/aromatic N) is 2. The molecule has 3 rings (SSSR count). The van der Waals surface area contributed by atoms with Crippen LogP contribution in [0.3, 0.4) is 0 Å². The lowest BCUT2D eigenvalue weighted by Gasteiger charge is -2.32. The second kappa shape index (κ2) is 11.0. The lowest BCUT2D eigenvalue weighted by atomic mass is 10.0. The summed E-state index contributed by atoms with van der Waals surface area (Å²) in [5, 5.41) is 7.27. The highest BCUT2D eigenvalue weighted by molar-refractivity contribution is 7.09. The van der Waals surface area contributed by atoms with E-state index < -0.39 is 0 Å². The van der Waals surface area contributed by atoms with E-state index in [4.69, 9.17) is 23.2 Å². The molecule has 1 unspecified atom stereocenters. The van der Waals surface area contributed by atoms with Crippen LogP contribution in [-0.4, -0.2) is 29.4 Å². The summed E-state index contributed by atoms with van der Waals surface area (Å²) in [6.07, 6.45) is 3.35. The largest absolute Gasteiger partial charge is 0.387 e. The average molecular weight is 476 g/mol. The van der Waals surface area contributed by atoms with Gasteiger partial charge in [-0.25, -0.2) is 4.98 Å². The standard InChI is InChI=1S/C24H27Cl2N3OS/c1-16(2)14-22(23-28-11-13-31-23)29(12-10-17-4-6-18(25)7-5-17)24(30)20-15-19(26)8-9-21(20)27-3/h4-9,11,13,15-16,22,27H,10,12,14H2,1-3H3. The Morgan fingerprint density at radius 3 is 2.45 bits per heavy atom. The zero-order valence-corrected chi connectivity index (χ0v) is 20.3. The zero-order valence-electron chi connectivity index (χ0n) is 17.9. The number of nitrogens with one attached hydrogen (secondary N) is 1. The van der Waals surface area contributed by atoms with Gasteiger partial charge in [0, 0.05) is 40.9 Å². The molecule has 0 bridgehead atoms. The number of benzene rings is 2. The number of hydrogen-bond acceptors (Lipinski definition) is 4. The zero-order chi connectivity index (χ0) is 22.4. The SMILES string of the molecule is CNc1ccc(Cl)cc1C(=O)N(CCc1ccc(Cl)cc1)C(CC(C)C)c1nccs1. The fraction of sp³-hybridized carbons (Fsp3) is 0.333. The maximum absolute atomic E-state index is 13.9. The number of amides is 1. The number of halogens is 2. The van der Waals surface area contributed by atoms with Gasteiger partial charge in [0.15, 0.2) is 0 Å². The normalized spacial score (nSPS) is 12.1. The molecule has 0 radical (unpaired) electrons. The Labute approximate surface area is 198 Å². The van der Waals surface area contributed by atoms with Crippen LogP contribution in [0.4, 0.5) is 5.69 Å². The van der Waals surface area contributed by atoms with Crippen molar-refractivity contribution in [2.24, 2.45) is 5.92 Å². The Morgan fingerprint density at radius 1 is 1.13 bits per heavy atom. The van der Waals surface area contributed by atoms with E-state index in [0.717, 1.165) is 29.1 Å². The highest BCUT2D eigenvalue weighted by atomic mass is 35.5. The van der Waals surface area contributed by atoms with Gasteiger partial charge in [-0.2, -0.15) is 0 Å². The van der Waals surface area contributed by atoms with Crippen LogP contribution < -0.4 is 5.32 Å². The molecule has 4 nitrogen and oxygen atoms in total. The maximum atomic E-state index is 13.9. The molecule has 164 valence electrons. The Kier molecular flexibility index (Phi) is 8.35.